The normalized spacial score (nSPS) is 17.7. The van der Waals surface area contributed by atoms with Crippen molar-refractivity contribution < 1.29 is 14.4 Å². The molecule has 0 aliphatic heterocycles. The van der Waals surface area contributed by atoms with E-state index in [1.54, 1.807) is 0 Å². The van der Waals surface area contributed by atoms with Gasteiger partial charge < -0.3 is 16.3 Å². The number of carbonyl (C=O) groups is 1. The third-order valence-electron chi connectivity index (χ3n) is 3.42. The van der Waals surface area contributed by atoms with E-state index >= 15 is 0 Å². The van der Waals surface area contributed by atoms with Gasteiger partial charge in [0.2, 0.25) is 5.91 Å². The first-order valence-corrected chi connectivity index (χ1v) is 6.12. The Labute approximate surface area is 114 Å². The smallest absolute Gasteiger partial charge is 0.238 e. The molecule has 4 N–H and O–H groups in total. The molecule has 1 aromatic rings. The van der Waals surface area contributed by atoms with Crippen LogP contribution in [0.25, 0.3) is 0 Å². The number of oxime groups is 1. The van der Waals surface area contributed by atoms with Crippen molar-refractivity contribution in [1.82, 2.24) is 0 Å². The average molecular weight is 286 g/mol. The van der Waals surface area contributed by atoms with Gasteiger partial charge in [-0.25, -0.2) is 4.39 Å². The molecular weight excluding hydrogens is 273 g/mol. The number of halogens is 2. The molecule has 0 aromatic heterocycles. The van der Waals surface area contributed by atoms with Crippen molar-refractivity contribution in [3.63, 3.8) is 0 Å². The van der Waals surface area contributed by atoms with Crippen LogP contribution in [-0.4, -0.2) is 17.0 Å². The van der Waals surface area contributed by atoms with Crippen LogP contribution < -0.4 is 11.1 Å². The lowest BCUT2D eigenvalue weighted by molar-refractivity contribution is -0.125. The molecule has 1 amide bonds. The SMILES string of the molecule is N/C(=N/O)C1(C(=O)Nc2ccc(Cl)cc2F)CCC1. The van der Waals surface area contributed by atoms with E-state index in [9.17, 15) is 9.18 Å². The van der Waals surface area contributed by atoms with Crippen LogP contribution in [0.3, 0.4) is 0 Å². The molecule has 1 saturated carbocycles. The molecule has 5 nitrogen and oxygen atoms in total. The molecule has 1 fully saturated rings. The Balaban J connectivity index is 2.21. The molecular formula is C12H13ClFN3O2. The van der Waals surface area contributed by atoms with Gasteiger partial charge in [-0.1, -0.05) is 23.2 Å². The summed E-state index contributed by atoms with van der Waals surface area (Å²) in [6, 6.07) is 3.94. The minimum absolute atomic E-state index is 0.0198. The second kappa shape index (κ2) is 5.05. The summed E-state index contributed by atoms with van der Waals surface area (Å²) in [6.07, 6.45) is 1.75. The van der Waals surface area contributed by atoms with Crippen LogP contribution in [0.15, 0.2) is 23.4 Å². The molecule has 0 radical (unpaired) electrons. The molecule has 1 aliphatic carbocycles. The molecule has 0 saturated heterocycles. The minimum Gasteiger partial charge on any atom is -0.409 e. The highest BCUT2D eigenvalue weighted by Gasteiger charge is 2.48. The Morgan fingerprint density at radius 2 is 2.21 bits per heavy atom. The Bertz CT molecular complexity index is 544. The molecule has 19 heavy (non-hydrogen) atoms. The number of amidine groups is 1. The third kappa shape index (κ3) is 2.35. The second-order valence-electron chi connectivity index (χ2n) is 4.50. The van der Waals surface area contributed by atoms with Crippen LogP contribution in [0.1, 0.15) is 19.3 Å². The average Bonchev–Trinajstić information content (AvgIpc) is 2.31. The van der Waals surface area contributed by atoms with E-state index in [4.69, 9.17) is 22.5 Å². The topological polar surface area (TPSA) is 87.7 Å². The number of rotatable bonds is 3. The summed E-state index contributed by atoms with van der Waals surface area (Å²) in [4.78, 5) is 12.2. The summed E-state index contributed by atoms with van der Waals surface area (Å²) < 4.78 is 13.6. The molecule has 102 valence electrons. The van der Waals surface area contributed by atoms with Gasteiger partial charge >= 0.3 is 0 Å². The zero-order valence-electron chi connectivity index (χ0n) is 9.99. The van der Waals surface area contributed by atoms with Gasteiger partial charge in [-0.3, -0.25) is 4.79 Å². The van der Waals surface area contributed by atoms with Crippen LogP contribution >= 0.6 is 11.6 Å². The first-order chi connectivity index (χ1) is 8.99. The van der Waals surface area contributed by atoms with Gasteiger partial charge in [0.05, 0.1) is 5.69 Å². The van der Waals surface area contributed by atoms with Crippen molar-refractivity contribution in [3.05, 3.63) is 29.0 Å². The van der Waals surface area contributed by atoms with Crippen molar-refractivity contribution in [2.75, 3.05) is 5.32 Å². The zero-order chi connectivity index (χ0) is 14.0. The molecule has 0 unspecified atom stereocenters. The fourth-order valence-corrected chi connectivity index (χ4v) is 2.22. The third-order valence-corrected chi connectivity index (χ3v) is 3.65. The van der Waals surface area contributed by atoms with E-state index in [-0.39, 0.29) is 16.5 Å². The molecule has 0 atom stereocenters. The lowest BCUT2D eigenvalue weighted by Crippen LogP contribution is -2.51. The number of amides is 1. The quantitative estimate of drug-likeness (QED) is 0.345. The number of anilines is 1. The van der Waals surface area contributed by atoms with Crippen LogP contribution in [0.5, 0.6) is 0 Å². The summed E-state index contributed by atoms with van der Waals surface area (Å²) in [5.41, 5.74) is 4.53. The van der Waals surface area contributed by atoms with Crippen LogP contribution in [0.2, 0.25) is 5.02 Å². The first-order valence-electron chi connectivity index (χ1n) is 5.74. The maximum atomic E-state index is 13.6. The Kier molecular flexibility index (Phi) is 3.61. The number of nitrogens with one attached hydrogen (secondary N) is 1. The lowest BCUT2D eigenvalue weighted by atomic mass is 9.67. The number of hydrogen-bond acceptors (Lipinski definition) is 3. The van der Waals surface area contributed by atoms with Crippen molar-refractivity contribution in [2.24, 2.45) is 16.3 Å². The maximum absolute atomic E-state index is 13.6. The number of nitrogens with zero attached hydrogens (tertiary/aromatic N) is 1. The molecule has 7 heteroatoms. The highest BCUT2D eigenvalue weighted by molar-refractivity contribution is 6.30. The molecule has 1 aliphatic rings. The first kappa shape index (κ1) is 13.6. The van der Waals surface area contributed by atoms with Gasteiger partial charge in [0.15, 0.2) is 5.84 Å². The maximum Gasteiger partial charge on any atom is 0.238 e. The Morgan fingerprint density at radius 1 is 1.53 bits per heavy atom. The van der Waals surface area contributed by atoms with Gasteiger partial charge in [0.1, 0.15) is 11.2 Å². The molecule has 0 bridgehead atoms. The highest BCUT2D eigenvalue weighted by Crippen LogP contribution is 2.42. The fourth-order valence-electron chi connectivity index (χ4n) is 2.06. The molecule has 0 heterocycles. The van der Waals surface area contributed by atoms with Crippen molar-refractivity contribution in [3.8, 4) is 0 Å². The Morgan fingerprint density at radius 3 is 2.68 bits per heavy atom. The monoisotopic (exact) mass is 285 g/mol. The van der Waals surface area contributed by atoms with Crippen LogP contribution in [0, 0.1) is 11.2 Å². The summed E-state index contributed by atoms with van der Waals surface area (Å²) in [7, 11) is 0. The lowest BCUT2D eigenvalue weighted by Gasteiger charge is -2.38. The Hall–Kier alpha value is -1.82. The van der Waals surface area contributed by atoms with E-state index in [2.05, 4.69) is 10.5 Å². The van der Waals surface area contributed by atoms with E-state index in [1.807, 2.05) is 0 Å². The van der Waals surface area contributed by atoms with Gasteiger partial charge in [0, 0.05) is 5.02 Å². The van der Waals surface area contributed by atoms with E-state index < -0.39 is 17.1 Å². The number of carbonyl (C=O) groups excluding carboxylic acids is 1. The van der Waals surface area contributed by atoms with Crippen LogP contribution in [0.4, 0.5) is 10.1 Å². The van der Waals surface area contributed by atoms with Gasteiger partial charge in [-0.15, -0.1) is 0 Å². The van der Waals surface area contributed by atoms with E-state index in [0.717, 1.165) is 12.5 Å². The van der Waals surface area contributed by atoms with Gasteiger partial charge in [-0.05, 0) is 31.0 Å². The summed E-state index contributed by atoms with van der Waals surface area (Å²) in [5, 5.41) is 14.3. The fraction of sp³-hybridized carbons (Fsp3) is 0.333. The molecule has 2 rings (SSSR count). The summed E-state index contributed by atoms with van der Waals surface area (Å²) in [6.45, 7) is 0. The number of nitrogens with two attached hydrogens (primary N) is 1. The predicted molar refractivity (Wildman–Crippen MR) is 69.7 cm³/mol. The second-order valence-corrected chi connectivity index (χ2v) is 4.94. The summed E-state index contributed by atoms with van der Waals surface area (Å²) in [5.74, 6) is -1.25. The van der Waals surface area contributed by atoms with Crippen molar-refractivity contribution >= 4 is 29.0 Å². The highest BCUT2D eigenvalue weighted by atomic mass is 35.5. The van der Waals surface area contributed by atoms with Crippen molar-refractivity contribution in [1.29, 1.82) is 0 Å². The standard InChI is InChI=1S/C12H13ClFN3O2/c13-7-2-3-9(8(14)6-7)16-11(18)12(4-1-5-12)10(15)17-19/h2-3,6,19H,1,4-5H2,(H2,15,17)(H,16,18). The minimum atomic E-state index is -1.04. The van der Waals surface area contributed by atoms with Gasteiger partial charge in [-0.2, -0.15) is 0 Å². The molecule has 0 spiro atoms. The zero-order valence-corrected chi connectivity index (χ0v) is 10.7. The largest absolute Gasteiger partial charge is 0.409 e. The number of hydrogen-bond donors (Lipinski definition) is 3. The van der Waals surface area contributed by atoms with E-state index in [0.29, 0.717) is 12.8 Å². The van der Waals surface area contributed by atoms with E-state index in [1.165, 1.54) is 12.1 Å². The van der Waals surface area contributed by atoms with Crippen LogP contribution in [-0.2, 0) is 4.79 Å². The van der Waals surface area contributed by atoms with Gasteiger partial charge in [0.25, 0.3) is 0 Å². The number of benzene rings is 1. The summed E-state index contributed by atoms with van der Waals surface area (Å²) >= 11 is 5.63. The van der Waals surface area contributed by atoms with Crippen molar-refractivity contribution in [2.45, 2.75) is 19.3 Å². The predicted octanol–water partition coefficient (Wildman–Crippen LogP) is 2.33. The molecule has 1 aromatic carbocycles.